The van der Waals surface area contributed by atoms with Crippen molar-refractivity contribution in [2.45, 2.75) is 62.5 Å². The Kier molecular flexibility index (Phi) is 7.91. The zero-order valence-corrected chi connectivity index (χ0v) is 17.5. The fourth-order valence-corrected chi connectivity index (χ4v) is 4.39. The number of rotatable bonds is 7. The van der Waals surface area contributed by atoms with Gasteiger partial charge in [0.1, 0.15) is 0 Å². The van der Waals surface area contributed by atoms with Crippen molar-refractivity contribution < 1.29 is 5.11 Å². The molecule has 0 saturated heterocycles. The third kappa shape index (κ3) is 5.81. The average molecular weight is 388 g/mol. The Balaban J connectivity index is 0.00000261. The Morgan fingerprint density at radius 1 is 0.741 bits per heavy atom. The van der Waals surface area contributed by atoms with Gasteiger partial charge in [-0.25, -0.2) is 0 Å². The van der Waals surface area contributed by atoms with Crippen molar-refractivity contribution in [2.75, 3.05) is 14.1 Å². The van der Waals surface area contributed by atoms with Crippen molar-refractivity contribution in [3.63, 3.8) is 0 Å². The van der Waals surface area contributed by atoms with Crippen molar-refractivity contribution in [3.05, 3.63) is 71.8 Å². The van der Waals surface area contributed by atoms with E-state index in [0.717, 1.165) is 44.9 Å². The van der Waals surface area contributed by atoms with E-state index < -0.39 is 5.60 Å². The fourth-order valence-electron chi connectivity index (χ4n) is 4.39. The van der Waals surface area contributed by atoms with Crippen molar-refractivity contribution in [3.8, 4) is 0 Å². The van der Waals surface area contributed by atoms with E-state index >= 15 is 0 Å². The molecule has 1 aliphatic carbocycles. The lowest BCUT2D eigenvalue weighted by atomic mass is 9.69. The summed E-state index contributed by atoms with van der Waals surface area (Å²) in [5.41, 5.74) is 2.46. The van der Waals surface area contributed by atoms with Gasteiger partial charge < -0.3 is 10.0 Å². The highest BCUT2D eigenvalue weighted by molar-refractivity contribution is 5.85. The van der Waals surface area contributed by atoms with E-state index in [2.05, 4.69) is 79.7 Å². The molecule has 0 spiro atoms. The van der Waals surface area contributed by atoms with Gasteiger partial charge in [-0.1, -0.05) is 60.7 Å². The maximum absolute atomic E-state index is 11.1. The van der Waals surface area contributed by atoms with Crippen LogP contribution in [0.1, 0.15) is 49.7 Å². The van der Waals surface area contributed by atoms with E-state index in [0.29, 0.717) is 0 Å². The summed E-state index contributed by atoms with van der Waals surface area (Å²) in [7, 11) is 4.42. The van der Waals surface area contributed by atoms with Crippen LogP contribution in [0.3, 0.4) is 0 Å². The highest BCUT2D eigenvalue weighted by Gasteiger charge is 2.42. The molecule has 0 amide bonds. The van der Waals surface area contributed by atoms with Gasteiger partial charge in [-0.3, -0.25) is 0 Å². The van der Waals surface area contributed by atoms with Crippen LogP contribution in [-0.4, -0.2) is 35.2 Å². The summed E-state index contributed by atoms with van der Waals surface area (Å²) in [4.78, 5) is 2.41. The monoisotopic (exact) mass is 387 g/mol. The maximum Gasteiger partial charge on any atom is 0.0652 e. The Morgan fingerprint density at radius 2 is 1.19 bits per heavy atom. The molecule has 0 atom stereocenters. The quantitative estimate of drug-likeness (QED) is 0.698. The van der Waals surface area contributed by atoms with Crippen LogP contribution in [0.5, 0.6) is 0 Å². The molecule has 1 N–H and O–H groups in total. The van der Waals surface area contributed by atoms with Gasteiger partial charge in [-0.05, 0) is 76.6 Å². The summed E-state index contributed by atoms with van der Waals surface area (Å²) in [6.07, 6.45) is 8.10. The molecule has 148 valence electrons. The lowest BCUT2D eigenvalue weighted by molar-refractivity contribution is -0.0513. The lowest BCUT2D eigenvalue weighted by Gasteiger charge is -2.48. The molecule has 2 aromatic carbocycles. The van der Waals surface area contributed by atoms with E-state index in [-0.39, 0.29) is 17.9 Å². The fraction of sp³-hybridized carbons (Fsp3) is 0.500. The molecule has 0 unspecified atom stereocenters. The summed E-state index contributed by atoms with van der Waals surface area (Å²) in [6, 6.07) is 21.3. The molecule has 0 radical (unpaired) electrons. The van der Waals surface area contributed by atoms with Crippen molar-refractivity contribution >= 4 is 12.4 Å². The second-order valence-corrected chi connectivity index (χ2v) is 8.31. The highest BCUT2D eigenvalue weighted by atomic mass is 35.5. The molecule has 1 fully saturated rings. The molecule has 0 heterocycles. The number of hydrogen-bond acceptors (Lipinski definition) is 2. The number of hydrogen-bond donors (Lipinski definition) is 1. The standard InChI is InChI=1S/C24H33NO.ClH/c1-25(2)23(15-13-21-9-5-3-6-10-21)17-19-24(26,20-18-23)16-14-22-11-7-4-8-12-22;/h3-12,26H,13-20H2,1-2H3;1H. The SMILES string of the molecule is CN(C)C1(CCc2ccccc2)CCC(O)(CCc2ccccc2)CC1.Cl. The van der Waals surface area contributed by atoms with Crippen LogP contribution >= 0.6 is 12.4 Å². The van der Waals surface area contributed by atoms with Crippen LogP contribution in [0.4, 0.5) is 0 Å². The molecule has 0 aromatic heterocycles. The minimum atomic E-state index is -0.498. The average Bonchev–Trinajstić information content (AvgIpc) is 2.68. The lowest BCUT2D eigenvalue weighted by Crippen LogP contribution is -2.51. The van der Waals surface area contributed by atoms with E-state index in [1.165, 1.54) is 17.5 Å². The first-order chi connectivity index (χ1) is 12.5. The van der Waals surface area contributed by atoms with Gasteiger partial charge in [0.2, 0.25) is 0 Å². The third-order valence-corrected chi connectivity index (χ3v) is 6.50. The second kappa shape index (κ2) is 9.73. The van der Waals surface area contributed by atoms with Gasteiger partial charge in [0.05, 0.1) is 5.60 Å². The predicted molar refractivity (Wildman–Crippen MR) is 117 cm³/mol. The molecule has 0 bridgehead atoms. The summed E-state index contributed by atoms with van der Waals surface area (Å²) >= 11 is 0. The van der Waals surface area contributed by atoms with Gasteiger partial charge in [0.15, 0.2) is 0 Å². The number of benzene rings is 2. The first-order valence-corrected chi connectivity index (χ1v) is 9.99. The topological polar surface area (TPSA) is 23.5 Å². The number of aryl methyl sites for hydroxylation is 2. The number of aliphatic hydroxyl groups is 1. The first kappa shape index (κ1) is 21.9. The molecule has 3 rings (SSSR count). The van der Waals surface area contributed by atoms with Crippen LogP contribution in [0, 0.1) is 0 Å². The van der Waals surface area contributed by atoms with Gasteiger partial charge >= 0.3 is 0 Å². The van der Waals surface area contributed by atoms with Crippen LogP contribution in [0.25, 0.3) is 0 Å². The largest absolute Gasteiger partial charge is 0.390 e. The molecule has 1 aliphatic rings. The van der Waals surface area contributed by atoms with Crippen LogP contribution in [0.2, 0.25) is 0 Å². The maximum atomic E-state index is 11.1. The number of nitrogens with zero attached hydrogens (tertiary/aromatic N) is 1. The predicted octanol–water partition coefficient (Wildman–Crippen LogP) is 5.28. The van der Waals surface area contributed by atoms with Crippen molar-refractivity contribution in [1.82, 2.24) is 4.90 Å². The van der Waals surface area contributed by atoms with Crippen molar-refractivity contribution in [2.24, 2.45) is 0 Å². The smallest absolute Gasteiger partial charge is 0.0652 e. The normalized spacial score (nSPS) is 25.2. The molecule has 27 heavy (non-hydrogen) atoms. The van der Waals surface area contributed by atoms with E-state index in [4.69, 9.17) is 0 Å². The molecule has 1 saturated carbocycles. The summed E-state index contributed by atoms with van der Waals surface area (Å²) in [5.74, 6) is 0. The zero-order chi connectivity index (χ0) is 18.5. The molecular formula is C24H34ClNO. The van der Waals surface area contributed by atoms with Gasteiger partial charge in [-0.15, -0.1) is 12.4 Å². The summed E-state index contributed by atoms with van der Waals surface area (Å²) < 4.78 is 0. The van der Waals surface area contributed by atoms with Crippen molar-refractivity contribution in [1.29, 1.82) is 0 Å². The van der Waals surface area contributed by atoms with E-state index in [1.54, 1.807) is 0 Å². The van der Waals surface area contributed by atoms with Gasteiger partial charge in [-0.2, -0.15) is 0 Å². The summed E-state index contributed by atoms with van der Waals surface area (Å²) in [6.45, 7) is 0. The van der Waals surface area contributed by atoms with Gasteiger partial charge in [0, 0.05) is 5.54 Å². The summed E-state index contributed by atoms with van der Waals surface area (Å²) in [5, 5.41) is 11.1. The molecule has 0 aliphatic heterocycles. The first-order valence-electron chi connectivity index (χ1n) is 9.99. The zero-order valence-electron chi connectivity index (χ0n) is 16.7. The Hall–Kier alpha value is -1.35. The second-order valence-electron chi connectivity index (χ2n) is 8.31. The highest BCUT2D eigenvalue weighted by Crippen LogP contribution is 2.42. The van der Waals surface area contributed by atoms with E-state index in [1.807, 2.05) is 0 Å². The molecule has 2 aromatic rings. The number of halogens is 1. The Morgan fingerprint density at radius 3 is 1.63 bits per heavy atom. The van der Waals surface area contributed by atoms with E-state index in [9.17, 15) is 5.11 Å². The van der Waals surface area contributed by atoms with Crippen LogP contribution in [-0.2, 0) is 12.8 Å². The molecular weight excluding hydrogens is 354 g/mol. The Labute approximate surface area is 171 Å². The molecule has 3 heteroatoms. The van der Waals surface area contributed by atoms with Crippen LogP contribution < -0.4 is 0 Å². The third-order valence-electron chi connectivity index (χ3n) is 6.50. The minimum Gasteiger partial charge on any atom is -0.390 e. The van der Waals surface area contributed by atoms with Gasteiger partial charge in [0.25, 0.3) is 0 Å². The van der Waals surface area contributed by atoms with Crippen LogP contribution in [0.15, 0.2) is 60.7 Å². The molecule has 2 nitrogen and oxygen atoms in total. The Bertz CT molecular complexity index is 663. The minimum absolute atomic E-state index is 0.